The Kier molecular flexibility index (Phi) is 6.04. The number of hydrogen-bond acceptors (Lipinski definition) is 3. The number of likely N-dealkylation sites (tertiary alicyclic amines) is 1. The van der Waals surface area contributed by atoms with Crippen molar-refractivity contribution in [2.75, 3.05) is 19.7 Å². The highest BCUT2D eigenvalue weighted by Crippen LogP contribution is 2.25. The van der Waals surface area contributed by atoms with Gasteiger partial charge in [0.1, 0.15) is 5.75 Å². The van der Waals surface area contributed by atoms with Crippen molar-refractivity contribution in [1.29, 1.82) is 0 Å². The van der Waals surface area contributed by atoms with Crippen LogP contribution in [0.3, 0.4) is 0 Å². The van der Waals surface area contributed by atoms with Crippen LogP contribution in [-0.4, -0.2) is 35.5 Å². The number of ether oxygens (including phenoxy) is 1. The fraction of sp³-hybridized carbons (Fsp3) is 0.429. The number of benzene rings is 1. The molecule has 0 bridgehead atoms. The molecule has 0 radical (unpaired) electrons. The van der Waals surface area contributed by atoms with E-state index in [2.05, 4.69) is 4.98 Å². The predicted octanol–water partition coefficient (Wildman–Crippen LogP) is 3.89. The molecule has 1 saturated heterocycles. The molecular formula is C21H26N2O2. The Labute approximate surface area is 149 Å². The van der Waals surface area contributed by atoms with Gasteiger partial charge in [-0.15, -0.1) is 0 Å². The third-order valence-corrected chi connectivity index (χ3v) is 5.04. The zero-order valence-electron chi connectivity index (χ0n) is 14.8. The molecule has 1 amide bonds. The normalized spacial score (nSPS) is 16.4. The average Bonchev–Trinajstić information content (AvgIpc) is 2.69. The van der Waals surface area contributed by atoms with Gasteiger partial charge in [-0.05, 0) is 49.8 Å². The summed E-state index contributed by atoms with van der Waals surface area (Å²) in [5.41, 5.74) is 1.10. The first kappa shape index (κ1) is 17.5. The van der Waals surface area contributed by atoms with Crippen LogP contribution < -0.4 is 4.74 Å². The summed E-state index contributed by atoms with van der Waals surface area (Å²) in [6.45, 7) is 4.45. The molecule has 132 valence electrons. The van der Waals surface area contributed by atoms with Crippen molar-refractivity contribution in [2.45, 2.75) is 32.1 Å². The first-order chi connectivity index (χ1) is 12.2. The second-order valence-electron chi connectivity index (χ2n) is 6.72. The lowest BCUT2D eigenvalue weighted by molar-refractivity contribution is -0.133. The fourth-order valence-corrected chi connectivity index (χ4v) is 3.38. The highest BCUT2D eigenvalue weighted by molar-refractivity contribution is 5.83. The van der Waals surface area contributed by atoms with Crippen molar-refractivity contribution >= 4 is 5.91 Å². The molecule has 1 aromatic carbocycles. The van der Waals surface area contributed by atoms with Crippen LogP contribution in [0.25, 0.3) is 0 Å². The molecule has 3 rings (SSSR count). The van der Waals surface area contributed by atoms with Gasteiger partial charge in [0.05, 0.1) is 12.5 Å². The number of hydrogen-bond donors (Lipinski definition) is 0. The summed E-state index contributed by atoms with van der Waals surface area (Å²) in [5, 5.41) is 0. The van der Waals surface area contributed by atoms with Gasteiger partial charge in [0.25, 0.3) is 0 Å². The molecule has 0 spiro atoms. The van der Waals surface area contributed by atoms with E-state index in [-0.39, 0.29) is 11.8 Å². The summed E-state index contributed by atoms with van der Waals surface area (Å²) in [5.74, 6) is 1.70. The van der Waals surface area contributed by atoms with E-state index in [1.54, 1.807) is 12.4 Å². The van der Waals surface area contributed by atoms with Crippen LogP contribution in [0.1, 0.15) is 37.7 Å². The zero-order chi connectivity index (χ0) is 17.5. The molecule has 4 heteroatoms. The summed E-state index contributed by atoms with van der Waals surface area (Å²) in [7, 11) is 0. The first-order valence-electron chi connectivity index (χ1n) is 9.10. The van der Waals surface area contributed by atoms with Crippen molar-refractivity contribution in [2.24, 2.45) is 5.92 Å². The Morgan fingerprint density at radius 2 is 1.84 bits per heavy atom. The molecule has 2 aromatic rings. The van der Waals surface area contributed by atoms with E-state index in [4.69, 9.17) is 4.74 Å². The van der Waals surface area contributed by atoms with Gasteiger partial charge in [0.2, 0.25) is 5.91 Å². The Bertz CT molecular complexity index is 652. The van der Waals surface area contributed by atoms with Crippen molar-refractivity contribution in [1.82, 2.24) is 9.88 Å². The summed E-state index contributed by atoms with van der Waals surface area (Å²) < 4.78 is 5.76. The third-order valence-electron chi connectivity index (χ3n) is 5.04. The number of rotatable bonds is 6. The van der Waals surface area contributed by atoms with Gasteiger partial charge in [-0.2, -0.15) is 0 Å². The molecule has 0 N–H and O–H groups in total. The summed E-state index contributed by atoms with van der Waals surface area (Å²) in [4.78, 5) is 18.7. The van der Waals surface area contributed by atoms with Gasteiger partial charge >= 0.3 is 0 Å². The minimum atomic E-state index is -0.0622. The third kappa shape index (κ3) is 4.81. The van der Waals surface area contributed by atoms with E-state index in [0.29, 0.717) is 5.92 Å². The van der Waals surface area contributed by atoms with Crippen LogP contribution >= 0.6 is 0 Å². The standard InChI is InChI=1S/C21H26N2O2/c1-17(19-5-3-2-4-6-19)21(24)23-14-9-18(10-15-23)11-16-25-20-7-12-22-13-8-20/h2-8,12-13,17-18H,9-11,14-16H2,1H3/t17-/m0/s1. The van der Waals surface area contributed by atoms with Gasteiger partial charge in [-0.1, -0.05) is 30.3 Å². The second-order valence-corrected chi connectivity index (χ2v) is 6.72. The lowest BCUT2D eigenvalue weighted by Crippen LogP contribution is -2.40. The Morgan fingerprint density at radius 1 is 1.16 bits per heavy atom. The van der Waals surface area contributed by atoms with Crippen molar-refractivity contribution in [3.05, 3.63) is 60.4 Å². The van der Waals surface area contributed by atoms with E-state index in [1.807, 2.05) is 54.3 Å². The maximum Gasteiger partial charge on any atom is 0.229 e. The molecule has 1 atom stereocenters. The van der Waals surface area contributed by atoms with Crippen LogP contribution in [0.4, 0.5) is 0 Å². The number of carbonyl (C=O) groups is 1. The van der Waals surface area contributed by atoms with Crippen molar-refractivity contribution in [3.63, 3.8) is 0 Å². The number of nitrogens with zero attached hydrogens (tertiary/aromatic N) is 2. The topological polar surface area (TPSA) is 42.4 Å². The SMILES string of the molecule is C[C@H](C(=O)N1CCC(CCOc2ccncc2)CC1)c1ccccc1. The van der Waals surface area contributed by atoms with E-state index in [1.165, 1.54) is 0 Å². The van der Waals surface area contributed by atoms with E-state index >= 15 is 0 Å². The number of pyridine rings is 1. The minimum absolute atomic E-state index is 0.0622. The fourth-order valence-electron chi connectivity index (χ4n) is 3.38. The Morgan fingerprint density at radius 3 is 2.52 bits per heavy atom. The van der Waals surface area contributed by atoms with Crippen LogP contribution in [0.15, 0.2) is 54.9 Å². The molecule has 0 aliphatic carbocycles. The van der Waals surface area contributed by atoms with Crippen molar-refractivity contribution < 1.29 is 9.53 Å². The molecule has 4 nitrogen and oxygen atoms in total. The molecular weight excluding hydrogens is 312 g/mol. The summed E-state index contributed by atoms with van der Waals surface area (Å²) >= 11 is 0. The molecule has 0 saturated carbocycles. The number of amides is 1. The van der Waals surface area contributed by atoms with Crippen LogP contribution in [-0.2, 0) is 4.79 Å². The lowest BCUT2D eigenvalue weighted by atomic mass is 9.92. The smallest absolute Gasteiger partial charge is 0.229 e. The van der Waals surface area contributed by atoms with E-state index in [9.17, 15) is 4.79 Å². The minimum Gasteiger partial charge on any atom is -0.493 e. The maximum absolute atomic E-state index is 12.7. The lowest BCUT2D eigenvalue weighted by Gasteiger charge is -2.33. The van der Waals surface area contributed by atoms with Crippen LogP contribution in [0, 0.1) is 5.92 Å². The van der Waals surface area contributed by atoms with Gasteiger partial charge < -0.3 is 9.64 Å². The molecule has 1 aliphatic heterocycles. The Hall–Kier alpha value is -2.36. The molecule has 0 unspecified atom stereocenters. The quantitative estimate of drug-likeness (QED) is 0.802. The highest BCUT2D eigenvalue weighted by atomic mass is 16.5. The monoisotopic (exact) mass is 338 g/mol. The summed E-state index contributed by atoms with van der Waals surface area (Å²) in [6, 6.07) is 13.8. The molecule has 25 heavy (non-hydrogen) atoms. The van der Waals surface area contributed by atoms with Crippen LogP contribution in [0.5, 0.6) is 5.75 Å². The molecule has 2 heterocycles. The van der Waals surface area contributed by atoms with Gasteiger partial charge in [-0.3, -0.25) is 9.78 Å². The average molecular weight is 338 g/mol. The predicted molar refractivity (Wildman–Crippen MR) is 98.5 cm³/mol. The summed E-state index contributed by atoms with van der Waals surface area (Å²) in [6.07, 6.45) is 6.65. The zero-order valence-corrected chi connectivity index (χ0v) is 14.8. The maximum atomic E-state index is 12.7. The Balaban J connectivity index is 1.41. The highest BCUT2D eigenvalue weighted by Gasteiger charge is 2.26. The van der Waals surface area contributed by atoms with E-state index in [0.717, 1.165) is 50.3 Å². The number of carbonyl (C=O) groups excluding carboxylic acids is 1. The van der Waals surface area contributed by atoms with Gasteiger partial charge in [0, 0.05) is 25.5 Å². The molecule has 1 fully saturated rings. The molecule has 1 aliphatic rings. The first-order valence-corrected chi connectivity index (χ1v) is 9.10. The van der Waals surface area contributed by atoms with Gasteiger partial charge in [-0.25, -0.2) is 0 Å². The number of piperidine rings is 1. The van der Waals surface area contributed by atoms with E-state index < -0.39 is 0 Å². The largest absolute Gasteiger partial charge is 0.493 e. The van der Waals surface area contributed by atoms with Crippen molar-refractivity contribution in [3.8, 4) is 5.75 Å². The second kappa shape index (κ2) is 8.65. The molecule has 1 aromatic heterocycles. The van der Waals surface area contributed by atoms with Crippen LogP contribution in [0.2, 0.25) is 0 Å². The van der Waals surface area contributed by atoms with Gasteiger partial charge in [0.15, 0.2) is 0 Å². The number of aromatic nitrogens is 1.